The fourth-order valence-corrected chi connectivity index (χ4v) is 0. The minimum Gasteiger partial charge on any atom is -0.852 e. The molecular formula is C18H42KNbO6. The first-order valence-electron chi connectivity index (χ1n) is 8.34. The standard InChI is InChI=1S/6C3H7O.K.Nb/c6*1-3(2)4;;/h6*3H,1-2H3;;/q6*-1;+1;+5. The molecule has 0 aromatic heterocycles. The van der Waals surface area contributed by atoms with Gasteiger partial charge in [0.15, 0.2) is 0 Å². The van der Waals surface area contributed by atoms with Gasteiger partial charge in [-0.1, -0.05) is 83.1 Å². The van der Waals surface area contributed by atoms with Gasteiger partial charge in [-0.15, -0.1) is 36.6 Å². The van der Waals surface area contributed by atoms with Crippen molar-refractivity contribution in [3.05, 3.63) is 0 Å². The van der Waals surface area contributed by atoms with Gasteiger partial charge in [-0.2, -0.15) is 0 Å². The zero-order valence-electron chi connectivity index (χ0n) is 19.4. The van der Waals surface area contributed by atoms with E-state index in [-0.39, 0.29) is 73.8 Å². The smallest absolute Gasteiger partial charge is 0.852 e. The fraction of sp³-hybridized carbons (Fsp3) is 1.00. The van der Waals surface area contributed by atoms with E-state index in [4.69, 9.17) is 0 Å². The van der Waals surface area contributed by atoms with E-state index in [1.165, 1.54) is 0 Å². The summed E-state index contributed by atoms with van der Waals surface area (Å²) in [6, 6.07) is 0. The minimum absolute atomic E-state index is 0. The van der Waals surface area contributed by atoms with Gasteiger partial charge < -0.3 is 30.6 Å². The molecule has 0 spiro atoms. The third-order valence-electron chi connectivity index (χ3n) is 0. The predicted octanol–water partition coefficient (Wildman–Crippen LogP) is -4.47. The Morgan fingerprint density at radius 2 is 0.308 bits per heavy atom. The van der Waals surface area contributed by atoms with Gasteiger partial charge >= 0.3 is 73.8 Å². The molecule has 0 rings (SSSR count). The monoisotopic (exact) mass is 486 g/mol. The second kappa shape index (κ2) is 45.7. The van der Waals surface area contributed by atoms with E-state index in [0.29, 0.717) is 0 Å². The van der Waals surface area contributed by atoms with Crippen molar-refractivity contribution < 1.29 is 104 Å². The summed E-state index contributed by atoms with van der Waals surface area (Å²) in [4.78, 5) is 0. The van der Waals surface area contributed by atoms with E-state index >= 15 is 0 Å². The molecule has 0 bridgehead atoms. The van der Waals surface area contributed by atoms with Gasteiger partial charge in [-0.3, -0.25) is 0 Å². The molecule has 0 amide bonds. The Balaban J connectivity index is -0.0000000245. The molecule has 0 radical (unpaired) electrons. The van der Waals surface area contributed by atoms with Crippen LogP contribution >= 0.6 is 0 Å². The molecule has 6 nitrogen and oxygen atoms in total. The third-order valence-corrected chi connectivity index (χ3v) is 0. The molecule has 0 N–H and O–H groups in total. The summed E-state index contributed by atoms with van der Waals surface area (Å²) < 4.78 is 0. The normalized spacial score (nSPS) is 8.31. The van der Waals surface area contributed by atoms with E-state index in [0.717, 1.165) is 0 Å². The van der Waals surface area contributed by atoms with Crippen LogP contribution < -0.4 is 82.0 Å². The Hall–Kier alpha value is 2.14. The van der Waals surface area contributed by atoms with Crippen LogP contribution in [0.25, 0.3) is 0 Å². The third kappa shape index (κ3) is 3620. The van der Waals surface area contributed by atoms with Crippen LogP contribution in [0.2, 0.25) is 0 Å². The van der Waals surface area contributed by atoms with Crippen LogP contribution in [-0.2, 0) is 22.4 Å². The average Bonchev–Trinajstić information content (AvgIpc) is 2.08. The number of hydrogen-bond acceptors (Lipinski definition) is 6. The summed E-state index contributed by atoms with van der Waals surface area (Å²) in [7, 11) is 0. The molecule has 0 unspecified atom stereocenters. The molecule has 0 aliphatic heterocycles. The molecule has 0 saturated heterocycles. The summed E-state index contributed by atoms with van der Waals surface area (Å²) in [6.07, 6.45) is -2.50. The molecule has 0 aliphatic rings. The van der Waals surface area contributed by atoms with E-state index in [1.54, 1.807) is 83.1 Å². The van der Waals surface area contributed by atoms with Crippen molar-refractivity contribution in [2.24, 2.45) is 0 Å². The van der Waals surface area contributed by atoms with Gasteiger partial charge in [0.05, 0.1) is 0 Å². The first kappa shape index (κ1) is 51.1. The SMILES string of the molecule is CC(C)[O-].CC(C)[O-].CC(C)[O-].CC(C)[O-].CC(C)[O-].CC(C)[O-].[K+].[Nb+5]. The molecule has 0 fully saturated rings. The van der Waals surface area contributed by atoms with Gasteiger partial charge in [-0.25, -0.2) is 0 Å². The summed E-state index contributed by atoms with van der Waals surface area (Å²) in [5, 5.41) is 57.2. The van der Waals surface area contributed by atoms with Crippen LogP contribution in [0, 0.1) is 0 Å². The Labute approximate surface area is 221 Å². The van der Waals surface area contributed by atoms with Gasteiger partial charge in [0.25, 0.3) is 0 Å². The zero-order valence-corrected chi connectivity index (χ0v) is 24.7. The van der Waals surface area contributed by atoms with Crippen LogP contribution in [0.5, 0.6) is 0 Å². The Morgan fingerprint density at radius 1 is 0.308 bits per heavy atom. The van der Waals surface area contributed by atoms with Crippen molar-refractivity contribution in [2.75, 3.05) is 0 Å². The van der Waals surface area contributed by atoms with Crippen molar-refractivity contribution in [3.63, 3.8) is 0 Å². The molecule has 0 aliphatic carbocycles. The summed E-state index contributed by atoms with van der Waals surface area (Å²) in [6.45, 7) is 19.3. The van der Waals surface area contributed by atoms with Crippen LogP contribution in [0.1, 0.15) is 83.1 Å². The second-order valence-corrected chi connectivity index (χ2v) is 6.29. The molecule has 0 heterocycles. The molecule has 8 heteroatoms. The van der Waals surface area contributed by atoms with Crippen LogP contribution in [-0.4, -0.2) is 36.6 Å². The van der Waals surface area contributed by atoms with Crippen molar-refractivity contribution in [3.8, 4) is 0 Å². The van der Waals surface area contributed by atoms with Crippen molar-refractivity contribution in [1.29, 1.82) is 0 Å². The van der Waals surface area contributed by atoms with Crippen LogP contribution in [0.15, 0.2) is 0 Å². The summed E-state index contributed by atoms with van der Waals surface area (Å²) in [5.41, 5.74) is 0. The topological polar surface area (TPSA) is 138 Å². The maximum atomic E-state index is 9.53. The first-order chi connectivity index (χ1) is 10.4. The maximum Gasteiger partial charge on any atom is 5.00 e. The van der Waals surface area contributed by atoms with Crippen molar-refractivity contribution in [1.82, 2.24) is 0 Å². The molecule has 26 heavy (non-hydrogen) atoms. The minimum atomic E-state index is -0.417. The van der Waals surface area contributed by atoms with Crippen LogP contribution in [0.3, 0.4) is 0 Å². The first-order valence-corrected chi connectivity index (χ1v) is 8.34. The van der Waals surface area contributed by atoms with Gasteiger partial charge in [-0.05, 0) is 0 Å². The molecule has 0 aromatic rings. The second-order valence-electron chi connectivity index (χ2n) is 6.29. The molecule has 0 saturated carbocycles. The number of hydrogen-bond donors (Lipinski definition) is 0. The maximum absolute atomic E-state index is 9.53. The predicted molar refractivity (Wildman–Crippen MR) is 90.8 cm³/mol. The number of rotatable bonds is 0. The Morgan fingerprint density at radius 3 is 0.308 bits per heavy atom. The molecule has 156 valence electrons. The zero-order chi connectivity index (χ0) is 21.5. The molecular weight excluding hydrogens is 444 g/mol. The van der Waals surface area contributed by atoms with Gasteiger partial charge in [0.2, 0.25) is 0 Å². The molecule has 0 aromatic carbocycles. The summed E-state index contributed by atoms with van der Waals surface area (Å²) >= 11 is 0. The van der Waals surface area contributed by atoms with Gasteiger partial charge in [0, 0.05) is 0 Å². The van der Waals surface area contributed by atoms with E-state index in [2.05, 4.69) is 0 Å². The summed E-state index contributed by atoms with van der Waals surface area (Å²) in [5.74, 6) is 0. The average molecular weight is 487 g/mol. The van der Waals surface area contributed by atoms with Crippen molar-refractivity contribution >= 4 is 0 Å². The Bertz CT molecular complexity index is 107. The van der Waals surface area contributed by atoms with E-state index in [1.807, 2.05) is 0 Å². The Kier molecular flexibility index (Phi) is 89.9. The molecule has 0 atom stereocenters. The fourth-order valence-electron chi connectivity index (χ4n) is 0. The van der Waals surface area contributed by atoms with Crippen molar-refractivity contribution in [2.45, 2.75) is 120 Å². The largest absolute Gasteiger partial charge is 5.00 e. The van der Waals surface area contributed by atoms with Gasteiger partial charge in [0.1, 0.15) is 0 Å². The quantitative estimate of drug-likeness (QED) is 0.317. The van der Waals surface area contributed by atoms with E-state index < -0.39 is 36.6 Å². The van der Waals surface area contributed by atoms with Crippen LogP contribution in [0.4, 0.5) is 0 Å². The van der Waals surface area contributed by atoms with E-state index in [9.17, 15) is 30.6 Å².